The number of rotatable bonds is 5. The maximum absolute atomic E-state index is 11.3. The highest BCUT2D eigenvalue weighted by Gasteiger charge is 2.22. The predicted octanol–water partition coefficient (Wildman–Crippen LogP) is 1.32. The molecule has 1 unspecified atom stereocenters. The fourth-order valence-corrected chi connectivity index (χ4v) is 1.09. The van der Waals surface area contributed by atoms with Gasteiger partial charge in [0.05, 0.1) is 11.5 Å². The number of carbonyl (C=O) groups excluding carboxylic acids is 1. The summed E-state index contributed by atoms with van der Waals surface area (Å²) >= 11 is 0. The normalized spacial score (nSPS) is 11.6. The van der Waals surface area contributed by atoms with E-state index < -0.39 is 17.0 Å². The molecule has 0 fully saturated rings. The van der Waals surface area contributed by atoms with E-state index >= 15 is 0 Å². The van der Waals surface area contributed by atoms with Gasteiger partial charge in [0.1, 0.15) is 0 Å². The minimum absolute atomic E-state index is 0.196. The van der Waals surface area contributed by atoms with Crippen molar-refractivity contribution in [3.63, 3.8) is 0 Å². The minimum atomic E-state index is -0.941. The lowest BCUT2D eigenvalue weighted by Crippen LogP contribution is -2.26. The van der Waals surface area contributed by atoms with Gasteiger partial charge < -0.3 is 9.47 Å². The van der Waals surface area contributed by atoms with Crippen LogP contribution in [0.5, 0.6) is 5.88 Å². The van der Waals surface area contributed by atoms with E-state index in [2.05, 4.69) is 4.98 Å². The fraction of sp³-hybridized carbons (Fsp3) is 0.400. The van der Waals surface area contributed by atoms with Crippen LogP contribution in [0.4, 0.5) is 5.69 Å². The third-order valence-corrected chi connectivity index (χ3v) is 1.85. The lowest BCUT2D eigenvalue weighted by Gasteiger charge is -2.11. The summed E-state index contributed by atoms with van der Waals surface area (Å²) in [5.41, 5.74) is -0.288. The lowest BCUT2D eigenvalue weighted by atomic mass is 10.4. The molecule has 1 heterocycles. The van der Waals surface area contributed by atoms with E-state index in [1.165, 1.54) is 25.3 Å². The van der Waals surface area contributed by atoms with E-state index in [1.807, 2.05) is 0 Å². The second-order valence-electron chi connectivity index (χ2n) is 3.10. The smallest absolute Gasteiger partial charge is 0.347 e. The van der Waals surface area contributed by atoms with Crippen LogP contribution in [0.2, 0.25) is 0 Å². The van der Waals surface area contributed by atoms with Gasteiger partial charge in [-0.25, -0.2) is 9.78 Å². The van der Waals surface area contributed by atoms with Crippen LogP contribution in [0.3, 0.4) is 0 Å². The monoisotopic (exact) mass is 240 g/mol. The summed E-state index contributed by atoms with van der Waals surface area (Å²) in [6.07, 6.45) is 0.406. The van der Waals surface area contributed by atoms with Crippen LogP contribution in [0.1, 0.15) is 13.8 Å². The van der Waals surface area contributed by atoms with Crippen LogP contribution >= 0.6 is 0 Å². The molecule has 1 rings (SSSR count). The number of hydrogen-bond donors (Lipinski definition) is 0. The summed E-state index contributed by atoms with van der Waals surface area (Å²) in [6, 6.07) is 2.67. The summed E-state index contributed by atoms with van der Waals surface area (Å²) in [6.45, 7) is 3.32. The summed E-state index contributed by atoms with van der Waals surface area (Å²) in [4.78, 5) is 25.0. The predicted molar refractivity (Wildman–Crippen MR) is 57.6 cm³/mol. The van der Waals surface area contributed by atoms with E-state index in [4.69, 9.17) is 9.47 Å². The molecule has 0 N–H and O–H groups in total. The Morgan fingerprint density at radius 3 is 2.94 bits per heavy atom. The Balaban J connectivity index is 2.81. The van der Waals surface area contributed by atoms with Gasteiger partial charge in [-0.05, 0) is 19.9 Å². The van der Waals surface area contributed by atoms with Crippen molar-refractivity contribution in [2.45, 2.75) is 20.0 Å². The Kier molecular flexibility index (Phi) is 4.38. The summed E-state index contributed by atoms with van der Waals surface area (Å²) in [7, 11) is 0. The number of hydrogen-bond acceptors (Lipinski definition) is 6. The molecule has 0 saturated heterocycles. The number of nitro groups is 1. The van der Waals surface area contributed by atoms with Gasteiger partial charge in [-0.15, -0.1) is 0 Å². The SMILES string of the molecule is CCOC(=O)C(C)Oc1ncccc1[N+](=O)[O-]. The molecule has 0 bridgehead atoms. The van der Waals surface area contributed by atoms with Gasteiger partial charge in [0.25, 0.3) is 5.88 Å². The van der Waals surface area contributed by atoms with Gasteiger partial charge >= 0.3 is 11.7 Å². The third kappa shape index (κ3) is 3.40. The highest BCUT2D eigenvalue weighted by Crippen LogP contribution is 2.23. The average Bonchev–Trinajstić information content (AvgIpc) is 2.29. The molecule has 0 saturated carbocycles. The fourth-order valence-electron chi connectivity index (χ4n) is 1.09. The Hall–Kier alpha value is -2.18. The van der Waals surface area contributed by atoms with Crippen molar-refractivity contribution in [3.8, 4) is 5.88 Å². The molecule has 17 heavy (non-hydrogen) atoms. The molecule has 1 atom stereocenters. The van der Waals surface area contributed by atoms with Gasteiger partial charge in [-0.1, -0.05) is 0 Å². The molecule has 0 amide bonds. The van der Waals surface area contributed by atoms with Crippen molar-refractivity contribution < 1.29 is 19.2 Å². The first-order valence-electron chi connectivity index (χ1n) is 4.99. The number of nitrogens with zero attached hydrogens (tertiary/aromatic N) is 2. The number of ether oxygens (including phenoxy) is 2. The Morgan fingerprint density at radius 1 is 1.65 bits per heavy atom. The standard InChI is InChI=1S/C10H12N2O5/c1-3-16-10(13)7(2)17-9-8(12(14)15)5-4-6-11-9/h4-7H,3H2,1-2H3. The third-order valence-electron chi connectivity index (χ3n) is 1.85. The summed E-state index contributed by atoms with van der Waals surface area (Å²) < 4.78 is 9.81. The molecule has 7 heteroatoms. The summed E-state index contributed by atoms with van der Waals surface area (Å²) in [5.74, 6) is -0.787. The lowest BCUT2D eigenvalue weighted by molar-refractivity contribution is -0.386. The molecule has 0 aliphatic rings. The molecular weight excluding hydrogens is 228 g/mol. The van der Waals surface area contributed by atoms with E-state index in [1.54, 1.807) is 6.92 Å². The number of carbonyl (C=O) groups is 1. The molecular formula is C10H12N2O5. The number of aromatic nitrogens is 1. The molecule has 0 spiro atoms. The quantitative estimate of drug-likeness (QED) is 0.438. The van der Waals surface area contributed by atoms with E-state index in [-0.39, 0.29) is 18.2 Å². The van der Waals surface area contributed by atoms with Crippen molar-refractivity contribution in [2.24, 2.45) is 0 Å². The molecule has 0 aliphatic carbocycles. The molecule has 1 aromatic rings. The second-order valence-corrected chi connectivity index (χ2v) is 3.10. The Labute approximate surface area is 97.5 Å². The molecule has 0 aliphatic heterocycles. The van der Waals surface area contributed by atoms with E-state index in [0.29, 0.717) is 0 Å². The Morgan fingerprint density at radius 2 is 2.35 bits per heavy atom. The zero-order valence-electron chi connectivity index (χ0n) is 9.45. The van der Waals surface area contributed by atoms with Crippen molar-refractivity contribution in [1.82, 2.24) is 4.98 Å². The van der Waals surface area contributed by atoms with Gasteiger partial charge in [-0.2, -0.15) is 0 Å². The van der Waals surface area contributed by atoms with Gasteiger partial charge in [0, 0.05) is 12.3 Å². The highest BCUT2D eigenvalue weighted by atomic mass is 16.6. The van der Waals surface area contributed by atoms with Crippen molar-refractivity contribution in [2.75, 3.05) is 6.61 Å². The van der Waals surface area contributed by atoms with Crippen LogP contribution in [-0.2, 0) is 9.53 Å². The van der Waals surface area contributed by atoms with Crippen molar-refractivity contribution in [3.05, 3.63) is 28.4 Å². The topological polar surface area (TPSA) is 91.6 Å². The average molecular weight is 240 g/mol. The first kappa shape index (κ1) is 12.9. The van der Waals surface area contributed by atoms with E-state index in [9.17, 15) is 14.9 Å². The van der Waals surface area contributed by atoms with Gasteiger partial charge in [0.2, 0.25) is 0 Å². The summed E-state index contributed by atoms with van der Waals surface area (Å²) in [5, 5.41) is 10.7. The second kappa shape index (κ2) is 5.78. The van der Waals surface area contributed by atoms with Crippen molar-refractivity contribution >= 4 is 11.7 Å². The molecule has 92 valence electrons. The van der Waals surface area contributed by atoms with Gasteiger partial charge in [0.15, 0.2) is 6.10 Å². The zero-order chi connectivity index (χ0) is 12.8. The number of esters is 1. The largest absolute Gasteiger partial charge is 0.463 e. The molecule has 0 radical (unpaired) electrons. The van der Waals surface area contributed by atoms with Crippen LogP contribution in [-0.4, -0.2) is 28.6 Å². The molecule has 1 aromatic heterocycles. The number of pyridine rings is 1. The minimum Gasteiger partial charge on any atom is -0.463 e. The highest BCUT2D eigenvalue weighted by molar-refractivity contribution is 5.74. The molecule has 7 nitrogen and oxygen atoms in total. The Bertz CT molecular complexity index is 421. The molecule has 0 aromatic carbocycles. The van der Waals surface area contributed by atoms with Gasteiger partial charge in [-0.3, -0.25) is 10.1 Å². The van der Waals surface area contributed by atoms with Crippen LogP contribution in [0.15, 0.2) is 18.3 Å². The maximum atomic E-state index is 11.3. The van der Waals surface area contributed by atoms with E-state index in [0.717, 1.165) is 0 Å². The van der Waals surface area contributed by atoms with Crippen LogP contribution in [0, 0.1) is 10.1 Å². The van der Waals surface area contributed by atoms with Crippen LogP contribution < -0.4 is 4.74 Å². The first-order chi connectivity index (χ1) is 8.06. The van der Waals surface area contributed by atoms with Crippen LogP contribution in [0.25, 0.3) is 0 Å². The maximum Gasteiger partial charge on any atom is 0.347 e. The zero-order valence-corrected chi connectivity index (χ0v) is 9.45. The first-order valence-corrected chi connectivity index (χ1v) is 4.99. The van der Waals surface area contributed by atoms with Crippen molar-refractivity contribution in [1.29, 1.82) is 0 Å².